The Bertz CT molecular complexity index is 673. The van der Waals surface area contributed by atoms with E-state index in [2.05, 4.69) is 58.9 Å². The van der Waals surface area contributed by atoms with Gasteiger partial charge in [-0.3, -0.25) is 4.99 Å². The molecule has 0 aromatic heterocycles. The third kappa shape index (κ3) is 6.94. The molecular weight excluding hydrogens is 425 g/mol. The van der Waals surface area contributed by atoms with E-state index in [1.807, 2.05) is 12.1 Å². The van der Waals surface area contributed by atoms with Gasteiger partial charge in [-0.25, -0.2) is 0 Å². The predicted molar refractivity (Wildman–Crippen MR) is 116 cm³/mol. The third-order valence-corrected chi connectivity index (χ3v) is 4.01. The molecule has 5 heteroatoms. The van der Waals surface area contributed by atoms with Gasteiger partial charge in [0.1, 0.15) is 5.75 Å². The van der Waals surface area contributed by atoms with Crippen molar-refractivity contribution in [2.45, 2.75) is 26.3 Å². The molecule has 2 rings (SSSR count). The third-order valence-electron chi connectivity index (χ3n) is 4.01. The Labute approximate surface area is 168 Å². The van der Waals surface area contributed by atoms with Gasteiger partial charge in [0.15, 0.2) is 5.96 Å². The molecule has 0 fully saturated rings. The molecule has 0 unspecified atom stereocenters. The van der Waals surface area contributed by atoms with Gasteiger partial charge in [-0.2, -0.15) is 0 Å². The second-order valence-corrected chi connectivity index (χ2v) is 5.58. The molecule has 0 saturated carbocycles. The number of aryl methyl sites for hydroxylation is 1. The van der Waals surface area contributed by atoms with Crippen LogP contribution >= 0.6 is 24.0 Å². The monoisotopic (exact) mass is 453 g/mol. The van der Waals surface area contributed by atoms with Gasteiger partial charge in [-0.15, -0.1) is 24.0 Å². The number of guanidine groups is 1. The van der Waals surface area contributed by atoms with Crippen LogP contribution in [0.5, 0.6) is 5.75 Å². The number of methoxy groups -OCH3 is 1. The van der Waals surface area contributed by atoms with E-state index in [1.165, 1.54) is 16.7 Å². The number of rotatable bonds is 7. The number of halogens is 1. The van der Waals surface area contributed by atoms with Gasteiger partial charge in [-0.05, 0) is 41.7 Å². The average molecular weight is 453 g/mol. The van der Waals surface area contributed by atoms with Crippen LogP contribution in [0.2, 0.25) is 0 Å². The van der Waals surface area contributed by atoms with Crippen molar-refractivity contribution in [1.82, 2.24) is 10.6 Å². The van der Waals surface area contributed by atoms with E-state index >= 15 is 0 Å². The van der Waals surface area contributed by atoms with E-state index in [0.29, 0.717) is 0 Å². The fraction of sp³-hybridized carbons (Fsp3) is 0.350. The molecule has 0 amide bonds. The van der Waals surface area contributed by atoms with E-state index in [9.17, 15) is 0 Å². The molecule has 2 aromatic carbocycles. The van der Waals surface area contributed by atoms with Crippen LogP contribution in [0.15, 0.2) is 53.5 Å². The number of ether oxygens (including phenoxy) is 1. The molecule has 4 nitrogen and oxygen atoms in total. The fourth-order valence-electron chi connectivity index (χ4n) is 2.63. The lowest BCUT2D eigenvalue weighted by atomic mass is 10.1. The summed E-state index contributed by atoms with van der Waals surface area (Å²) in [4.78, 5) is 4.29. The Morgan fingerprint density at radius 1 is 1.04 bits per heavy atom. The van der Waals surface area contributed by atoms with E-state index < -0.39 is 0 Å². The maximum Gasteiger partial charge on any atom is 0.191 e. The molecule has 0 aliphatic rings. The summed E-state index contributed by atoms with van der Waals surface area (Å²) in [5, 5.41) is 6.74. The van der Waals surface area contributed by atoms with Crippen LogP contribution in [-0.4, -0.2) is 26.7 Å². The highest BCUT2D eigenvalue weighted by Crippen LogP contribution is 2.12. The van der Waals surface area contributed by atoms with Crippen LogP contribution in [0.25, 0.3) is 0 Å². The number of hydrogen-bond acceptors (Lipinski definition) is 2. The highest BCUT2D eigenvalue weighted by molar-refractivity contribution is 14.0. The van der Waals surface area contributed by atoms with Gasteiger partial charge in [-0.1, -0.05) is 43.3 Å². The first kappa shape index (κ1) is 21.3. The minimum Gasteiger partial charge on any atom is -0.497 e. The topological polar surface area (TPSA) is 45.7 Å². The van der Waals surface area contributed by atoms with Crippen molar-refractivity contribution in [2.75, 3.05) is 20.7 Å². The van der Waals surface area contributed by atoms with Gasteiger partial charge < -0.3 is 15.4 Å². The zero-order valence-electron chi connectivity index (χ0n) is 15.2. The lowest BCUT2D eigenvalue weighted by Crippen LogP contribution is -2.38. The van der Waals surface area contributed by atoms with Crippen LogP contribution in [0.1, 0.15) is 23.6 Å². The first-order valence-electron chi connectivity index (χ1n) is 8.41. The fourth-order valence-corrected chi connectivity index (χ4v) is 2.63. The lowest BCUT2D eigenvalue weighted by molar-refractivity contribution is 0.414. The summed E-state index contributed by atoms with van der Waals surface area (Å²) in [6.07, 6.45) is 1.96. The Hall–Kier alpha value is -1.76. The van der Waals surface area contributed by atoms with Crippen molar-refractivity contribution < 1.29 is 4.74 Å². The Kier molecular flexibility index (Phi) is 9.99. The summed E-state index contributed by atoms with van der Waals surface area (Å²) < 4.78 is 5.26. The molecule has 0 aliphatic heterocycles. The highest BCUT2D eigenvalue weighted by atomic mass is 127. The minimum absolute atomic E-state index is 0. The van der Waals surface area contributed by atoms with E-state index in [1.54, 1.807) is 14.2 Å². The van der Waals surface area contributed by atoms with Crippen LogP contribution in [-0.2, 0) is 19.4 Å². The Balaban J connectivity index is 0.00000312. The number of hydrogen-bond donors (Lipinski definition) is 2. The van der Waals surface area contributed by atoms with E-state index in [0.717, 1.165) is 37.6 Å². The van der Waals surface area contributed by atoms with Gasteiger partial charge in [0.25, 0.3) is 0 Å². The molecule has 0 spiro atoms. The molecule has 2 aromatic rings. The second-order valence-electron chi connectivity index (χ2n) is 5.58. The molecule has 0 radical (unpaired) electrons. The number of nitrogens with one attached hydrogen (secondary N) is 2. The zero-order valence-corrected chi connectivity index (χ0v) is 17.5. The number of benzene rings is 2. The van der Waals surface area contributed by atoms with Gasteiger partial charge in [0.2, 0.25) is 0 Å². The molecular formula is C20H28IN3O. The maximum atomic E-state index is 5.26. The molecule has 2 N–H and O–H groups in total. The SMILES string of the molecule is CCc1ccccc1CNC(=NC)NCCc1cccc(OC)c1.I. The summed E-state index contributed by atoms with van der Waals surface area (Å²) in [5.41, 5.74) is 3.93. The summed E-state index contributed by atoms with van der Waals surface area (Å²) in [6, 6.07) is 16.7. The van der Waals surface area contributed by atoms with Gasteiger partial charge in [0.05, 0.1) is 7.11 Å². The van der Waals surface area contributed by atoms with Crippen LogP contribution in [0, 0.1) is 0 Å². The summed E-state index contributed by atoms with van der Waals surface area (Å²) >= 11 is 0. The van der Waals surface area contributed by atoms with Gasteiger partial charge in [0, 0.05) is 20.1 Å². The standard InChI is InChI=1S/C20H27N3O.HI/c1-4-17-9-5-6-10-18(17)15-23-20(21-2)22-13-12-16-8-7-11-19(14-16)24-3;/h5-11,14H,4,12-13,15H2,1-3H3,(H2,21,22,23);1H. The van der Waals surface area contributed by atoms with Crippen LogP contribution < -0.4 is 15.4 Å². The Morgan fingerprint density at radius 2 is 1.80 bits per heavy atom. The molecule has 0 aliphatic carbocycles. The molecule has 0 atom stereocenters. The van der Waals surface area contributed by atoms with Crippen molar-refractivity contribution in [2.24, 2.45) is 4.99 Å². The molecule has 0 bridgehead atoms. The van der Waals surface area contributed by atoms with E-state index in [-0.39, 0.29) is 24.0 Å². The lowest BCUT2D eigenvalue weighted by Gasteiger charge is -2.14. The molecule has 136 valence electrons. The number of nitrogens with zero attached hydrogens (tertiary/aromatic N) is 1. The normalized spacial score (nSPS) is 10.8. The Morgan fingerprint density at radius 3 is 2.48 bits per heavy atom. The van der Waals surface area contributed by atoms with Crippen molar-refractivity contribution in [3.05, 3.63) is 65.2 Å². The van der Waals surface area contributed by atoms with E-state index in [4.69, 9.17) is 4.74 Å². The molecule has 25 heavy (non-hydrogen) atoms. The second kappa shape index (κ2) is 11.7. The smallest absolute Gasteiger partial charge is 0.191 e. The quantitative estimate of drug-likeness (QED) is 0.381. The van der Waals surface area contributed by atoms with Crippen molar-refractivity contribution >= 4 is 29.9 Å². The predicted octanol–water partition coefficient (Wildman–Crippen LogP) is 3.78. The minimum atomic E-state index is 0. The molecule has 0 heterocycles. The van der Waals surface area contributed by atoms with Crippen LogP contribution in [0.3, 0.4) is 0 Å². The summed E-state index contributed by atoms with van der Waals surface area (Å²) in [6.45, 7) is 3.78. The zero-order chi connectivity index (χ0) is 17.2. The highest BCUT2D eigenvalue weighted by Gasteiger charge is 2.02. The molecule has 0 saturated heterocycles. The first-order valence-corrected chi connectivity index (χ1v) is 8.41. The first-order chi connectivity index (χ1) is 11.8. The summed E-state index contributed by atoms with van der Waals surface area (Å²) in [5.74, 6) is 1.72. The number of aliphatic imine (C=N–C) groups is 1. The average Bonchev–Trinajstić information content (AvgIpc) is 2.64. The van der Waals surface area contributed by atoms with Crippen molar-refractivity contribution in [1.29, 1.82) is 0 Å². The van der Waals surface area contributed by atoms with Gasteiger partial charge >= 0.3 is 0 Å². The van der Waals surface area contributed by atoms with Crippen LogP contribution in [0.4, 0.5) is 0 Å². The van der Waals surface area contributed by atoms with Crippen molar-refractivity contribution in [3.8, 4) is 5.75 Å². The summed E-state index contributed by atoms with van der Waals surface area (Å²) in [7, 11) is 3.49. The largest absolute Gasteiger partial charge is 0.497 e. The maximum absolute atomic E-state index is 5.26. The van der Waals surface area contributed by atoms with Crippen molar-refractivity contribution in [3.63, 3.8) is 0 Å².